The standard InChI is InChI=1S/C15H26O4/c1-6-11(13(17)18-4)12(16)15(19-5)9-7-14(2,3)8-10-15/h11H,6-10H2,1-5H3. The largest absolute Gasteiger partial charge is 0.468 e. The fourth-order valence-corrected chi connectivity index (χ4v) is 2.80. The van der Waals surface area contributed by atoms with Gasteiger partial charge in [-0.15, -0.1) is 0 Å². The van der Waals surface area contributed by atoms with Crippen LogP contribution in [0.2, 0.25) is 0 Å². The first kappa shape index (κ1) is 16.2. The number of carbonyl (C=O) groups excluding carboxylic acids is 2. The quantitative estimate of drug-likeness (QED) is 0.569. The Bertz CT molecular complexity index is 336. The first-order chi connectivity index (χ1) is 8.82. The number of carbonyl (C=O) groups is 2. The van der Waals surface area contributed by atoms with Gasteiger partial charge in [0.25, 0.3) is 0 Å². The zero-order valence-electron chi connectivity index (χ0n) is 12.7. The van der Waals surface area contributed by atoms with Crippen LogP contribution in [0.4, 0.5) is 0 Å². The van der Waals surface area contributed by atoms with Crippen molar-refractivity contribution < 1.29 is 19.1 Å². The molecular formula is C15H26O4. The normalized spacial score (nSPS) is 22.6. The summed E-state index contributed by atoms with van der Waals surface area (Å²) in [6.45, 7) is 6.24. The van der Waals surface area contributed by atoms with Crippen molar-refractivity contribution >= 4 is 11.8 Å². The predicted molar refractivity (Wildman–Crippen MR) is 72.8 cm³/mol. The van der Waals surface area contributed by atoms with E-state index in [-0.39, 0.29) is 11.2 Å². The molecule has 0 radical (unpaired) electrons. The highest BCUT2D eigenvalue weighted by molar-refractivity contribution is 6.03. The molecule has 0 spiro atoms. The lowest BCUT2D eigenvalue weighted by atomic mass is 9.67. The van der Waals surface area contributed by atoms with Crippen molar-refractivity contribution in [1.82, 2.24) is 0 Å². The molecule has 110 valence electrons. The fraction of sp³-hybridized carbons (Fsp3) is 0.867. The van der Waals surface area contributed by atoms with E-state index < -0.39 is 17.5 Å². The van der Waals surface area contributed by atoms with Crippen LogP contribution in [-0.4, -0.2) is 31.6 Å². The molecule has 0 aromatic rings. The number of methoxy groups -OCH3 is 2. The van der Waals surface area contributed by atoms with Crippen LogP contribution in [0.1, 0.15) is 52.9 Å². The monoisotopic (exact) mass is 270 g/mol. The van der Waals surface area contributed by atoms with Gasteiger partial charge in [-0.1, -0.05) is 20.8 Å². The van der Waals surface area contributed by atoms with E-state index in [1.165, 1.54) is 7.11 Å². The minimum atomic E-state index is -0.801. The third kappa shape index (κ3) is 3.35. The summed E-state index contributed by atoms with van der Waals surface area (Å²) in [7, 11) is 2.89. The number of rotatable bonds is 5. The summed E-state index contributed by atoms with van der Waals surface area (Å²) < 4.78 is 10.3. The molecule has 1 unspecified atom stereocenters. The predicted octanol–water partition coefficient (Wildman–Crippen LogP) is 2.74. The van der Waals surface area contributed by atoms with Crippen LogP contribution >= 0.6 is 0 Å². The molecule has 1 aliphatic rings. The zero-order valence-corrected chi connectivity index (χ0v) is 12.7. The minimum Gasteiger partial charge on any atom is -0.468 e. The molecule has 0 amide bonds. The van der Waals surface area contributed by atoms with Gasteiger partial charge in [-0.05, 0) is 37.5 Å². The maximum absolute atomic E-state index is 12.7. The Hall–Kier alpha value is -0.900. The van der Waals surface area contributed by atoms with E-state index in [1.807, 2.05) is 6.92 Å². The molecule has 4 nitrogen and oxygen atoms in total. The van der Waals surface area contributed by atoms with E-state index in [4.69, 9.17) is 9.47 Å². The smallest absolute Gasteiger partial charge is 0.316 e. The number of esters is 1. The number of ketones is 1. The summed E-state index contributed by atoms with van der Waals surface area (Å²) in [6.07, 6.45) is 3.69. The van der Waals surface area contributed by atoms with E-state index in [9.17, 15) is 9.59 Å². The molecule has 0 N–H and O–H groups in total. The van der Waals surface area contributed by atoms with Crippen LogP contribution in [0, 0.1) is 11.3 Å². The molecule has 1 rings (SSSR count). The molecule has 0 saturated heterocycles. The van der Waals surface area contributed by atoms with Crippen molar-refractivity contribution in [3.63, 3.8) is 0 Å². The van der Waals surface area contributed by atoms with Crippen molar-refractivity contribution in [3.05, 3.63) is 0 Å². The van der Waals surface area contributed by atoms with Crippen molar-refractivity contribution in [2.75, 3.05) is 14.2 Å². The molecule has 0 bridgehead atoms. The Labute approximate surface area is 115 Å². The van der Waals surface area contributed by atoms with E-state index >= 15 is 0 Å². The molecule has 0 aromatic carbocycles. The molecule has 4 heteroatoms. The van der Waals surface area contributed by atoms with E-state index in [2.05, 4.69) is 13.8 Å². The second kappa shape index (κ2) is 6.04. The fourth-order valence-electron chi connectivity index (χ4n) is 2.80. The molecule has 1 saturated carbocycles. The third-order valence-electron chi connectivity index (χ3n) is 4.46. The van der Waals surface area contributed by atoms with Gasteiger partial charge in [0, 0.05) is 7.11 Å². The highest BCUT2D eigenvalue weighted by Crippen LogP contribution is 2.43. The van der Waals surface area contributed by atoms with E-state index in [0.29, 0.717) is 19.3 Å². The van der Waals surface area contributed by atoms with Crippen LogP contribution < -0.4 is 0 Å². The summed E-state index contributed by atoms with van der Waals surface area (Å²) >= 11 is 0. The topological polar surface area (TPSA) is 52.6 Å². The molecule has 1 aliphatic carbocycles. The molecule has 1 fully saturated rings. The van der Waals surface area contributed by atoms with Gasteiger partial charge in [-0.25, -0.2) is 0 Å². The molecule has 1 atom stereocenters. The Morgan fingerprint density at radius 3 is 2.00 bits per heavy atom. The summed E-state index contributed by atoms with van der Waals surface area (Å²) in [5.41, 5.74) is -0.556. The second-order valence-corrected chi connectivity index (χ2v) is 6.21. The summed E-state index contributed by atoms with van der Waals surface area (Å²) in [5, 5.41) is 0. The van der Waals surface area contributed by atoms with Crippen LogP contribution in [-0.2, 0) is 19.1 Å². The Morgan fingerprint density at radius 2 is 1.63 bits per heavy atom. The van der Waals surface area contributed by atoms with Crippen molar-refractivity contribution in [2.24, 2.45) is 11.3 Å². The number of hydrogen-bond acceptors (Lipinski definition) is 4. The van der Waals surface area contributed by atoms with Crippen molar-refractivity contribution in [2.45, 2.75) is 58.5 Å². The van der Waals surface area contributed by atoms with Gasteiger partial charge in [0.2, 0.25) is 0 Å². The molecular weight excluding hydrogens is 244 g/mol. The number of hydrogen-bond donors (Lipinski definition) is 0. The highest BCUT2D eigenvalue weighted by Gasteiger charge is 2.47. The van der Waals surface area contributed by atoms with Gasteiger partial charge in [-0.3, -0.25) is 9.59 Å². The van der Waals surface area contributed by atoms with Crippen LogP contribution in [0.5, 0.6) is 0 Å². The van der Waals surface area contributed by atoms with Crippen molar-refractivity contribution in [3.8, 4) is 0 Å². The lowest BCUT2D eigenvalue weighted by Crippen LogP contribution is -2.50. The van der Waals surface area contributed by atoms with Crippen LogP contribution in [0.15, 0.2) is 0 Å². The average Bonchev–Trinajstić information content (AvgIpc) is 2.39. The average molecular weight is 270 g/mol. The number of ether oxygens (including phenoxy) is 2. The summed E-state index contributed by atoms with van der Waals surface area (Å²) in [4.78, 5) is 24.4. The third-order valence-corrected chi connectivity index (χ3v) is 4.46. The van der Waals surface area contributed by atoms with Crippen LogP contribution in [0.3, 0.4) is 0 Å². The maximum Gasteiger partial charge on any atom is 0.316 e. The van der Waals surface area contributed by atoms with Gasteiger partial charge in [0.1, 0.15) is 11.5 Å². The summed E-state index contributed by atoms with van der Waals surface area (Å²) in [6, 6.07) is 0. The molecule has 0 aromatic heterocycles. The van der Waals surface area contributed by atoms with Gasteiger partial charge in [-0.2, -0.15) is 0 Å². The lowest BCUT2D eigenvalue weighted by molar-refractivity contribution is -0.162. The molecule has 19 heavy (non-hydrogen) atoms. The summed E-state index contributed by atoms with van der Waals surface area (Å²) in [5.74, 6) is -1.26. The Balaban J connectivity index is 2.90. The van der Waals surface area contributed by atoms with Crippen LogP contribution in [0.25, 0.3) is 0 Å². The van der Waals surface area contributed by atoms with Crippen molar-refractivity contribution in [1.29, 1.82) is 0 Å². The Morgan fingerprint density at radius 1 is 1.11 bits per heavy atom. The van der Waals surface area contributed by atoms with Gasteiger partial charge in [0.15, 0.2) is 5.78 Å². The molecule has 0 aliphatic heterocycles. The Kier molecular flexibility index (Phi) is 5.13. The second-order valence-electron chi connectivity index (χ2n) is 6.21. The number of Topliss-reactive ketones (excluding diaryl/α,β-unsaturated/α-hetero) is 1. The van der Waals surface area contributed by atoms with E-state index in [1.54, 1.807) is 7.11 Å². The highest BCUT2D eigenvalue weighted by atomic mass is 16.5. The maximum atomic E-state index is 12.7. The zero-order chi connectivity index (χ0) is 14.7. The minimum absolute atomic E-state index is 0.111. The van der Waals surface area contributed by atoms with Gasteiger partial charge < -0.3 is 9.47 Å². The van der Waals surface area contributed by atoms with Gasteiger partial charge >= 0.3 is 5.97 Å². The SMILES string of the molecule is CCC(C(=O)OC)C(=O)C1(OC)CCC(C)(C)CC1. The van der Waals surface area contributed by atoms with E-state index in [0.717, 1.165) is 12.8 Å². The lowest BCUT2D eigenvalue weighted by Gasteiger charge is -2.42. The first-order valence-corrected chi connectivity index (χ1v) is 6.99. The first-order valence-electron chi connectivity index (χ1n) is 6.99. The molecule has 0 heterocycles. The van der Waals surface area contributed by atoms with Gasteiger partial charge in [0.05, 0.1) is 7.11 Å².